The van der Waals surface area contributed by atoms with Gasteiger partial charge in [-0.15, -0.1) is 0 Å². The topological polar surface area (TPSA) is 64.7 Å². The highest BCUT2D eigenvalue weighted by atomic mass is 16.6. The average Bonchev–Trinajstić information content (AvgIpc) is 2.35. The number of benzene rings is 1. The van der Waals surface area contributed by atoms with Crippen LogP contribution in [0.1, 0.15) is 30.9 Å². The molecule has 3 N–H and O–H groups in total. The van der Waals surface area contributed by atoms with E-state index in [4.69, 9.17) is 15.2 Å². The Balaban J connectivity index is 1.78. The molecule has 1 aromatic carbocycles. The number of ether oxygens (including phenoxy) is 2. The number of fused-ring (bicyclic) bond motifs is 1. The van der Waals surface area contributed by atoms with Crippen molar-refractivity contribution in [2.45, 2.75) is 31.4 Å². The lowest BCUT2D eigenvalue weighted by molar-refractivity contribution is 0.0412. The van der Waals surface area contributed by atoms with Gasteiger partial charge in [-0.25, -0.2) is 0 Å². The minimum absolute atomic E-state index is 0.342. The van der Waals surface area contributed by atoms with Gasteiger partial charge in [0, 0.05) is 0 Å². The standard InChI is InChI=1S/C14H19NO3/c15-13(14(16)9-2-1-3-9)10-4-5-11-12(8-10)18-7-6-17-11/h4-5,8-9,13-14,16H,1-3,6-7,15H2/t13-,14+/m0/s1. The zero-order chi connectivity index (χ0) is 12.5. The Morgan fingerprint density at radius 2 is 1.89 bits per heavy atom. The lowest BCUT2D eigenvalue weighted by Gasteiger charge is -2.34. The lowest BCUT2D eigenvalue weighted by Crippen LogP contribution is -2.36. The van der Waals surface area contributed by atoms with Crippen LogP contribution in [-0.2, 0) is 0 Å². The summed E-state index contributed by atoms with van der Waals surface area (Å²) in [5.74, 6) is 1.85. The maximum atomic E-state index is 10.2. The van der Waals surface area contributed by atoms with Gasteiger partial charge in [0.25, 0.3) is 0 Å². The molecule has 0 amide bonds. The molecule has 0 bridgehead atoms. The van der Waals surface area contributed by atoms with Crippen LogP contribution >= 0.6 is 0 Å². The van der Waals surface area contributed by atoms with Crippen LogP contribution in [0.4, 0.5) is 0 Å². The van der Waals surface area contributed by atoms with Crippen molar-refractivity contribution in [1.29, 1.82) is 0 Å². The second-order valence-corrected chi connectivity index (χ2v) is 5.11. The van der Waals surface area contributed by atoms with Crippen LogP contribution < -0.4 is 15.2 Å². The van der Waals surface area contributed by atoms with Crippen molar-refractivity contribution in [3.05, 3.63) is 23.8 Å². The number of aliphatic hydroxyl groups excluding tert-OH is 1. The number of rotatable bonds is 3. The molecule has 0 radical (unpaired) electrons. The lowest BCUT2D eigenvalue weighted by atomic mass is 9.77. The monoisotopic (exact) mass is 249 g/mol. The van der Waals surface area contributed by atoms with Crippen molar-refractivity contribution < 1.29 is 14.6 Å². The number of aliphatic hydroxyl groups is 1. The second-order valence-electron chi connectivity index (χ2n) is 5.11. The zero-order valence-corrected chi connectivity index (χ0v) is 10.3. The molecule has 3 rings (SSSR count). The SMILES string of the molecule is N[C@@H](c1ccc2c(c1)OCCO2)[C@H](O)C1CCC1. The molecule has 0 aromatic heterocycles. The molecule has 0 unspecified atom stereocenters. The van der Waals surface area contributed by atoms with E-state index >= 15 is 0 Å². The third-order valence-electron chi connectivity index (χ3n) is 3.95. The molecule has 1 saturated carbocycles. The highest BCUT2D eigenvalue weighted by Crippen LogP contribution is 2.37. The molecule has 0 saturated heterocycles. The van der Waals surface area contributed by atoms with Crippen LogP contribution in [0.2, 0.25) is 0 Å². The Hall–Kier alpha value is -1.26. The molecule has 1 aliphatic heterocycles. The van der Waals surface area contributed by atoms with Crippen LogP contribution in [0, 0.1) is 5.92 Å². The van der Waals surface area contributed by atoms with Gasteiger partial charge in [-0.1, -0.05) is 12.5 Å². The van der Waals surface area contributed by atoms with Gasteiger partial charge >= 0.3 is 0 Å². The highest BCUT2D eigenvalue weighted by Gasteiger charge is 2.31. The van der Waals surface area contributed by atoms with Gasteiger partial charge in [0.1, 0.15) is 13.2 Å². The Morgan fingerprint density at radius 1 is 1.17 bits per heavy atom. The summed E-state index contributed by atoms with van der Waals surface area (Å²) in [6.07, 6.45) is 2.91. The highest BCUT2D eigenvalue weighted by molar-refractivity contribution is 5.44. The van der Waals surface area contributed by atoms with Crippen molar-refractivity contribution >= 4 is 0 Å². The third-order valence-corrected chi connectivity index (χ3v) is 3.95. The van der Waals surface area contributed by atoms with Crippen molar-refractivity contribution in [2.24, 2.45) is 11.7 Å². The molecular weight excluding hydrogens is 230 g/mol. The quantitative estimate of drug-likeness (QED) is 0.854. The molecule has 1 aromatic rings. The summed E-state index contributed by atoms with van der Waals surface area (Å²) < 4.78 is 11.0. The molecule has 2 aliphatic rings. The van der Waals surface area contributed by atoms with E-state index < -0.39 is 6.10 Å². The first-order valence-corrected chi connectivity index (χ1v) is 6.59. The Bertz CT molecular complexity index is 431. The average molecular weight is 249 g/mol. The first-order chi connectivity index (χ1) is 8.75. The first kappa shape index (κ1) is 11.8. The van der Waals surface area contributed by atoms with E-state index in [0.717, 1.165) is 29.9 Å². The minimum atomic E-state index is -0.457. The molecule has 1 aliphatic carbocycles. The molecule has 18 heavy (non-hydrogen) atoms. The molecule has 0 spiro atoms. The van der Waals surface area contributed by atoms with Crippen molar-refractivity contribution in [2.75, 3.05) is 13.2 Å². The summed E-state index contributed by atoms with van der Waals surface area (Å²) in [6, 6.07) is 5.34. The summed E-state index contributed by atoms with van der Waals surface area (Å²) in [5, 5.41) is 10.2. The van der Waals surface area contributed by atoms with Crippen LogP contribution in [0.25, 0.3) is 0 Å². The fraction of sp³-hybridized carbons (Fsp3) is 0.571. The first-order valence-electron chi connectivity index (χ1n) is 6.59. The fourth-order valence-corrected chi connectivity index (χ4v) is 2.54. The number of hydrogen-bond acceptors (Lipinski definition) is 4. The van der Waals surface area contributed by atoms with Crippen LogP contribution in [-0.4, -0.2) is 24.4 Å². The van der Waals surface area contributed by atoms with Crippen LogP contribution in [0.15, 0.2) is 18.2 Å². The van der Waals surface area contributed by atoms with Gasteiger partial charge in [0.05, 0.1) is 12.1 Å². The minimum Gasteiger partial charge on any atom is -0.486 e. The Morgan fingerprint density at radius 3 is 2.56 bits per heavy atom. The smallest absolute Gasteiger partial charge is 0.161 e. The van der Waals surface area contributed by atoms with Gasteiger partial charge in [-0.3, -0.25) is 0 Å². The van der Waals surface area contributed by atoms with Crippen molar-refractivity contribution in [3.63, 3.8) is 0 Å². The molecule has 4 heteroatoms. The maximum absolute atomic E-state index is 10.2. The molecule has 1 fully saturated rings. The van der Waals surface area contributed by atoms with Gasteiger partial charge in [-0.05, 0) is 36.5 Å². The molecule has 1 heterocycles. The molecular formula is C14H19NO3. The van der Waals surface area contributed by atoms with E-state index in [9.17, 15) is 5.11 Å². The normalized spacial score (nSPS) is 22.1. The summed E-state index contributed by atoms with van der Waals surface area (Å²) in [6.45, 7) is 1.15. The van der Waals surface area contributed by atoms with E-state index in [-0.39, 0.29) is 6.04 Å². The summed E-state index contributed by atoms with van der Waals surface area (Å²) in [4.78, 5) is 0. The van der Waals surface area contributed by atoms with Gasteiger partial charge in [0.2, 0.25) is 0 Å². The second kappa shape index (κ2) is 4.78. The fourth-order valence-electron chi connectivity index (χ4n) is 2.54. The van der Waals surface area contributed by atoms with E-state index in [1.54, 1.807) is 0 Å². The van der Waals surface area contributed by atoms with Crippen molar-refractivity contribution in [1.82, 2.24) is 0 Å². The largest absolute Gasteiger partial charge is 0.486 e. The number of hydrogen-bond donors (Lipinski definition) is 2. The van der Waals surface area contributed by atoms with Crippen LogP contribution in [0.5, 0.6) is 11.5 Å². The van der Waals surface area contributed by atoms with E-state index in [2.05, 4.69) is 0 Å². The van der Waals surface area contributed by atoms with Gasteiger partial charge in [0.15, 0.2) is 11.5 Å². The molecule has 2 atom stereocenters. The van der Waals surface area contributed by atoms with Gasteiger partial charge < -0.3 is 20.3 Å². The predicted octanol–water partition coefficient (Wildman–Crippen LogP) is 1.62. The molecule has 98 valence electrons. The Kier molecular flexibility index (Phi) is 3.14. The third kappa shape index (κ3) is 2.06. The van der Waals surface area contributed by atoms with E-state index in [1.807, 2.05) is 18.2 Å². The summed E-state index contributed by atoms with van der Waals surface area (Å²) in [7, 11) is 0. The predicted molar refractivity (Wildman–Crippen MR) is 67.7 cm³/mol. The summed E-state index contributed by atoms with van der Waals surface area (Å²) in [5.41, 5.74) is 7.05. The van der Waals surface area contributed by atoms with E-state index in [1.165, 1.54) is 6.42 Å². The van der Waals surface area contributed by atoms with Crippen molar-refractivity contribution in [3.8, 4) is 11.5 Å². The molecule has 4 nitrogen and oxygen atoms in total. The Labute approximate surface area is 107 Å². The zero-order valence-electron chi connectivity index (χ0n) is 10.3. The maximum Gasteiger partial charge on any atom is 0.161 e. The van der Waals surface area contributed by atoms with Crippen LogP contribution in [0.3, 0.4) is 0 Å². The summed E-state index contributed by atoms with van der Waals surface area (Å²) >= 11 is 0. The van der Waals surface area contributed by atoms with E-state index in [0.29, 0.717) is 19.1 Å². The number of nitrogens with two attached hydrogens (primary N) is 1. The van der Waals surface area contributed by atoms with Gasteiger partial charge in [-0.2, -0.15) is 0 Å².